The zero-order valence-corrected chi connectivity index (χ0v) is 18.0. The lowest BCUT2D eigenvalue weighted by Crippen LogP contribution is -3.10. The Morgan fingerprint density at radius 1 is 1.28 bits per heavy atom. The first-order valence-corrected chi connectivity index (χ1v) is 10.6. The molecule has 2 aromatic rings. The number of ether oxygens (including phenoxy) is 1. The van der Waals surface area contributed by atoms with E-state index in [1.165, 1.54) is 6.07 Å². The molecule has 170 valence electrons. The predicted molar refractivity (Wildman–Crippen MR) is 114 cm³/mol. The van der Waals surface area contributed by atoms with Crippen LogP contribution in [0.25, 0.3) is 16.7 Å². The summed E-state index contributed by atoms with van der Waals surface area (Å²) in [4.78, 5) is 4.27. The molecule has 0 aliphatic carbocycles. The fraction of sp³-hybridized carbons (Fsp3) is 0.455. The van der Waals surface area contributed by atoms with Gasteiger partial charge in [-0.3, -0.25) is 0 Å². The number of nitrogens with one attached hydrogen (secondary N) is 2. The van der Waals surface area contributed by atoms with Gasteiger partial charge < -0.3 is 15.5 Å². The van der Waals surface area contributed by atoms with Crippen LogP contribution in [0, 0.1) is 5.92 Å². The summed E-state index contributed by atoms with van der Waals surface area (Å²) < 4.78 is 47.0. The molecule has 0 spiro atoms. The molecular weight excluding hydrogens is 421 g/mol. The second kappa shape index (κ2) is 8.90. The van der Waals surface area contributed by atoms with Crippen molar-refractivity contribution >= 4 is 11.6 Å². The first-order valence-electron chi connectivity index (χ1n) is 10.6. The number of fused-ring (bicyclic) bond motifs is 1. The third kappa shape index (κ3) is 4.48. The summed E-state index contributed by atoms with van der Waals surface area (Å²) in [5.74, 6) is 2.28. The maximum Gasteiger partial charge on any atom is 0.419 e. The summed E-state index contributed by atoms with van der Waals surface area (Å²) in [6, 6.07) is 5.59. The van der Waals surface area contributed by atoms with Crippen LogP contribution in [0.2, 0.25) is 0 Å². The van der Waals surface area contributed by atoms with Gasteiger partial charge in [-0.25, -0.2) is 15.9 Å². The first kappa shape index (κ1) is 22.3. The van der Waals surface area contributed by atoms with Crippen LogP contribution < -0.4 is 30.9 Å². The summed E-state index contributed by atoms with van der Waals surface area (Å²) in [5.41, 5.74) is 0.339. The molecule has 10 heteroatoms. The van der Waals surface area contributed by atoms with Crippen LogP contribution in [0.3, 0.4) is 0 Å². The monoisotopic (exact) mass is 446 g/mol. The molecule has 3 heterocycles. The molecule has 0 bridgehead atoms. The van der Waals surface area contributed by atoms with E-state index in [1.54, 1.807) is 31.2 Å². The molecule has 1 aromatic heterocycles. The van der Waals surface area contributed by atoms with Gasteiger partial charge in [0.1, 0.15) is 23.8 Å². The number of piperidine rings is 1. The van der Waals surface area contributed by atoms with Crippen LogP contribution in [0.5, 0.6) is 5.75 Å². The quantitative estimate of drug-likeness (QED) is 0.669. The molecule has 4 rings (SSSR count). The van der Waals surface area contributed by atoms with Crippen LogP contribution in [0.1, 0.15) is 24.8 Å². The van der Waals surface area contributed by atoms with Crippen molar-refractivity contribution in [2.24, 2.45) is 11.0 Å². The van der Waals surface area contributed by atoms with Gasteiger partial charge in [-0.05, 0) is 62.5 Å². The SMILES string of the molecule is CN1c2cc(-c3ccc(OCCC4CCNCC4)c(C(F)(F)F)c3)nc(=C=[N-])c2=N[NH+]1C. The number of halogens is 3. The summed E-state index contributed by atoms with van der Waals surface area (Å²) >= 11 is 0. The minimum absolute atomic E-state index is 0.0806. The third-order valence-electron chi connectivity index (χ3n) is 6.02. The number of anilines is 1. The lowest BCUT2D eigenvalue weighted by molar-refractivity contribution is -0.892. The Bertz CT molecular complexity index is 1140. The van der Waals surface area contributed by atoms with Crippen molar-refractivity contribution in [3.63, 3.8) is 0 Å². The Balaban J connectivity index is 1.64. The summed E-state index contributed by atoms with van der Waals surface area (Å²) in [5, 5.41) is 20.1. The average molecular weight is 446 g/mol. The summed E-state index contributed by atoms with van der Waals surface area (Å²) in [6.07, 6.45) is -1.83. The van der Waals surface area contributed by atoms with Crippen molar-refractivity contribution in [2.45, 2.75) is 25.4 Å². The zero-order chi connectivity index (χ0) is 22.9. The molecule has 1 unspecified atom stereocenters. The number of benzene rings is 1. The van der Waals surface area contributed by atoms with Crippen molar-refractivity contribution in [3.05, 3.63) is 45.9 Å². The van der Waals surface area contributed by atoms with Crippen molar-refractivity contribution in [1.82, 2.24) is 10.3 Å². The molecule has 0 radical (unpaired) electrons. The zero-order valence-electron chi connectivity index (χ0n) is 18.0. The van der Waals surface area contributed by atoms with Gasteiger partial charge in [0.2, 0.25) is 0 Å². The molecule has 2 aliphatic heterocycles. The summed E-state index contributed by atoms with van der Waals surface area (Å²) in [7, 11) is 3.58. The molecular formula is C22H25F3N6O. The van der Waals surface area contributed by atoms with E-state index in [-0.39, 0.29) is 29.0 Å². The second-order valence-electron chi connectivity index (χ2n) is 8.09. The van der Waals surface area contributed by atoms with Gasteiger partial charge in [-0.15, -0.1) is 5.12 Å². The Morgan fingerprint density at radius 3 is 2.72 bits per heavy atom. The average Bonchev–Trinajstić information content (AvgIpc) is 3.07. The predicted octanol–water partition coefficient (Wildman–Crippen LogP) is 0.861. The van der Waals surface area contributed by atoms with Gasteiger partial charge >= 0.3 is 6.18 Å². The Hall–Kier alpha value is -2.94. The van der Waals surface area contributed by atoms with Gasteiger partial charge in [0.05, 0.1) is 24.9 Å². The van der Waals surface area contributed by atoms with Crippen LogP contribution in [0.4, 0.5) is 18.9 Å². The molecule has 2 N–H and O–H groups in total. The summed E-state index contributed by atoms with van der Waals surface area (Å²) in [6.45, 7) is 2.11. The number of nitrogens with zero attached hydrogens (tertiary/aromatic N) is 4. The maximum absolute atomic E-state index is 13.8. The van der Waals surface area contributed by atoms with Crippen LogP contribution in [-0.4, -0.2) is 44.6 Å². The van der Waals surface area contributed by atoms with Crippen LogP contribution in [0.15, 0.2) is 29.4 Å². The van der Waals surface area contributed by atoms with Crippen molar-refractivity contribution in [3.8, 4) is 17.0 Å². The number of hydrogen-bond acceptors (Lipinski definition) is 5. The van der Waals surface area contributed by atoms with Gasteiger partial charge in [-0.2, -0.15) is 13.2 Å². The third-order valence-corrected chi connectivity index (χ3v) is 6.02. The minimum Gasteiger partial charge on any atom is -0.761 e. The molecule has 1 fully saturated rings. The molecule has 7 nitrogen and oxygen atoms in total. The van der Waals surface area contributed by atoms with Crippen molar-refractivity contribution in [1.29, 1.82) is 0 Å². The molecule has 2 aliphatic rings. The Morgan fingerprint density at radius 2 is 2.03 bits per heavy atom. The minimum atomic E-state index is -4.58. The largest absolute Gasteiger partial charge is 0.761 e. The fourth-order valence-corrected chi connectivity index (χ4v) is 4.07. The van der Waals surface area contributed by atoms with E-state index in [0.717, 1.165) is 38.4 Å². The normalized spacial score (nSPS) is 18.8. The molecule has 32 heavy (non-hydrogen) atoms. The molecule has 1 saturated heterocycles. The highest BCUT2D eigenvalue weighted by molar-refractivity contribution is 5.68. The maximum atomic E-state index is 13.8. The van der Waals surface area contributed by atoms with Gasteiger partial charge in [-0.1, -0.05) is 5.10 Å². The number of hydrogen-bond donors (Lipinski definition) is 2. The lowest BCUT2D eigenvalue weighted by atomic mass is 9.95. The molecule has 1 aromatic carbocycles. The molecule has 0 saturated carbocycles. The van der Waals surface area contributed by atoms with E-state index in [0.29, 0.717) is 22.1 Å². The van der Waals surface area contributed by atoms with E-state index in [4.69, 9.17) is 4.74 Å². The highest BCUT2D eigenvalue weighted by atomic mass is 19.4. The Labute approximate surface area is 183 Å². The Kier molecular flexibility index (Phi) is 6.19. The van der Waals surface area contributed by atoms with Gasteiger partial charge in [0.25, 0.3) is 0 Å². The number of quaternary nitrogens is 1. The van der Waals surface area contributed by atoms with Crippen molar-refractivity contribution < 1.29 is 23.0 Å². The topological polar surface area (TPSA) is 76.5 Å². The standard InChI is InChI=1S/C22H24F3N6O/c1-30-19-12-17(28-18(13-26)21(19)29-31(30)2)15-3-4-20(16(11-15)22(23,24)25)32-10-7-14-5-8-27-9-6-14/h3-4,11-12,14,27H,5-10H2,1-2H3/q-1/p+1. The molecule has 1 atom stereocenters. The van der Waals surface area contributed by atoms with E-state index >= 15 is 0 Å². The van der Waals surface area contributed by atoms with Gasteiger partial charge in [0, 0.05) is 5.56 Å². The number of aromatic nitrogens is 1. The number of pyridine rings is 1. The lowest BCUT2D eigenvalue weighted by Gasteiger charge is -2.23. The van der Waals surface area contributed by atoms with E-state index in [1.807, 2.05) is 5.87 Å². The van der Waals surface area contributed by atoms with E-state index in [2.05, 4.69) is 15.4 Å². The second-order valence-corrected chi connectivity index (χ2v) is 8.09. The van der Waals surface area contributed by atoms with Gasteiger partial charge in [0.15, 0.2) is 5.36 Å². The van der Waals surface area contributed by atoms with Crippen LogP contribution in [-0.2, 0) is 6.18 Å². The highest BCUT2D eigenvalue weighted by Crippen LogP contribution is 2.39. The number of rotatable bonds is 5. The van der Waals surface area contributed by atoms with Crippen molar-refractivity contribution in [2.75, 3.05) is 38.8 Å². The molecule has 0 amide bonds. The van der Waals surface area contributed by atoms with E-state index < -0.39 is 11.7 Å². The van der Waals surface area contributed by atoms with E-state index in [9.17, 15) is 18.6 Å². The first-order chi connectivity index (χ1) is 15.3. The highest BCUT2D eigenvalue weighted by Gasteiger charge is 2.35. The number of alkyl halides is 3. The van der Waals surface area contributed by atoms with Crippen LogP contribution >= 0.6 is 0 Å². The smallest absolute Gasteiger partial charge is 0.419 e. The fourth-order valence-electron chi connectivity index (χ4n) is 4.07.